The van der Waals surface area contributed by atoms with Crippen LogP contribution in [0.25, 0.3) is 11.1 Å². The van der Waals surface area contributed by atoms with E-state index in [2.05, 4.69) is 0 Å². The van der Waals surface area contributed by atoms with Crippen LogP contribution >= 0.6 is 0 Å². The highest BCUT2D eigenvalue weighted by atomic mass is 16.8. The molecule has 2 rings (SSSR count). The van der Waals surface area contributed by atoms with Crippen molar-refractivity contribution < 1.29 is 10.4 Å². The average molecular weight is 246 g/mol. The van der Waals surface area contributed by atoms with Crippen LogP contribution in [0.2, 0.25) is 0 Å². The number of hydrogen-bond acceptors (Lipinski definition) is 6. The summed E-state index contributed by atoms with van der Waals surface area (Å²) >= 11 is 0. The zero-order valence-electron chi connectivity index (χ0n) is 9.22. The highest BCUT2D eigenvalue weighted by Crippen LogP contribution is 2.26. The van der Waals surface area contributed by atoms with Crippen molar-refractivity contribution in [3.63, 3.8) is 0 Å². The molecule has 18 heavy (non-hydrogen) atoms. The summed E-state index contributed by atoms with van der Waals surface area (Å²) in [5, 5.41) is 38.7. The molecule has 94 valence electrons. The molecular weight excluding hydrogens is 236 g/mol. The zero-order chi connectivity index (χ0) is 13.1. The maximum atomic E-state index is 10.7. The van der Waals surface area contributed by atoms with Crippen LogP contribution in [0.1, 0.15) is 0 Å². The second-order valence-corrected chi connectivity index (χ2v) is 3.65. The normalized spacial score (nSPS) is 10.2. The molecule has 2 aromatic carbocycles. The predicted molar refractivity (Wildman–Crippen MR) is 67.1 cm³/mol. The maximum absolute atomic E-state index is 10.7. The van der Waals surface area contributed by atoms with Gasteiger partial charge in [0.15, 0.2) is 0 Å². The Morgan fingerprint density at radius 1 is 0.778 bits per heavy atom. The number of rotatable bonds is 3. The first-order valence-electron chi connectivity index (χ1n) is 5.11. The Morgan fingerprint density at radius 2 is 1.28 bits per heavy atom. The van der Waals surface area contributed by atoms with E-state index in [1.54, 1.807) is 24.3 Å². The Bertz CT molecular complexity index is 494. The van der Waals surface area contributed by atoms with Gasteiger partial charge in [0.2, 0.25) is 0 Å². The van der Waals surface area contributed by atoms with Gasteiger partial charge in [0.25, 0.3) is 0 Å². The molecule has 0 bridgehead atoms. The molecule has 0 amide bonds. The van der Waals surface area contributed by atoms with Gasteiger partial charge in [0.05, 0.1) is 5.69 Å². The predicted octanol–water partition coefficient (Wildman–Crippen LogP) is 2.74. The molecule has 0 aromatic heterocycles. The van der Waals surface area contributed by atoms with Crippen molar-refractivity contribution in [2.75, 3.05) is 10.5 Å². The number of anilines is 2. The highest BCUT2D eigenvalue weighted by molar-refractivity contribution is 5.71. The fraction of sp³-hybridized carbons (Fsp3) is 0. The summed E-state index contributed by atoms with van der Waals surface area (Å²) in [6, 6.07) is 12.5. The largest absolute Gasteiger partial charge is 0.769 e. The van der Waals surface area contributed by atoms with Crippen LogP contribution in [0.3, 0.4) is 0 Å². The zero-order valence-corrected chi connectivity index (χ0v) is 9.22. The van der Waals surface area contributed by atoms with Gasteiger partial charge in [-0.2, -0.15) is 0 Å². The van der Waals surface area contributed by atoms with Crippen molar-refractivity contribution in [3.8, 4) is 11.1 Å². The molecule has 0 spiro atoms. The second kappa shape index (κ2) is 5.03. The molecule has 0 saturated heterocycles. The van der Waals surface area contributed by atoms with Gasteiger partial charge in [-0.15, -0.1) is 5.23 Å². The van der Waals surface area contributed by atoms with E-state index in [-0.39, 0.29) is 16.6 Å². The SMILES string of the molecule is [O-]N([O-])c1cccc(-c2cccc(N(O)O)c2)c1. The molecule has 0 aliphatic heterocycles. The van der Waals surface area contributed by atoms with Gasteiger partial charge in [0, 0.05) is 5.69 Å². The van der Waals surface area contributed by atoms with Gasteiger partial charge in [-0.05, 0) is 35.4 Å². The van der Waals surface area contributed by atoms with Gasteiger partial charge >= 0.3 is 0 Å². The van der Waals surface area contributed by atoms with Gasteiger partial charge in [-0.25, -0.2) is 0 Å². The summed E-state index contributed by atoms with van der Waals surface area (Å²) in [6.45, 7) is 0. The molecule has 0 aliphatic rings. The Hall–Kier alpha value is -2.12. The van der Waals surface area contributed by atoms with E-state index < -0.39 is 5.23 Å². The molecule has 0 saturated carbocycles. The first kappa shape index (κ1) is 12.3. The lowest BCUT2D eigenvalue weighted by atomic mass is 10.0. The lowest BCUT2D eigenvalue weighted by molar-refractivity contribution is 0.0292. The minimum absolute atomic E-state index is 0.000846. The van der Waals surface area contributed by atoms with E-state index in [4.69, 9.17) is 10.4 Å². The molecule has 0 atom stereocenters. The summed E-state index contributed by atoms with van der Waals surface area (Å²) in [4.78, 5) is 0. The number of nitrogens with zero attached hydrogens (tertiary/aromatic N) is 2. The molecule has 6 heteroatoms. The average Bonchev–Trinajstić information content (AvgIpc) is 2.39. The first-order chi connectivity index (χ1) is 8.58. The second-order valence-electron chi connectivity index (χ2n) is 3.65. The number of benzene rings is 2. The summed E-state index contributed by atoms with van der Waals surface area (Å²) in [6.07, 6.45) is 0. The van der Waals surface area contributed by atoms with Crippen molar-refractivity contribution in [3.05, 3.63) is 58.9 Å². The van der Waals surface area contributed by atoms with Gasteiger partial charge in [0.1, 0.15) is 0 Å². The molecule has 0 radical (unpaired) electrons. The summed E-state index contributed by atoms with van der Waals surface area (Å²) in [7, 11) is 0. The van der Waals surface area contributed by atoms with Crippen molar-refractivity contribution in [1.29, 1.82) is 0 Å². The third kappa shape index (κ3) is 2.58. The molecule has 2 N–H and O–H groups in total. The summed E-state index contributed by atoms with van der Waals surface area (Å²) < 4.78 is 0. The van der Waals surface area contributed by atoms with E-state index >= 15 is 0 Å². The third-order valence-electron chi connectivity index (χ3n) is 2.47. The molecule has 0 aliphatic carbocycles. The van der Waals surface area contributed by atoms with Crippen molar-refractivity contribution >= 4 is 11.4 Å². The number of hydrogen-bond donors (Lipinski definition) is 2. The molecule has 0 heterocycles. The van der Waals surface area contributed by atoms with Crippen LogP contribution in [-0.4, -0.2) is 10.4 Å². The van der Waals surface area contributed by atoms with Crippen molar-refractivity contribution in [2.45, 2.75) is 0 Å². The van der Waals surface area contributed by atoms with Crippen molar-refractivity contribution in [1.82, 2.24) is 0 Å². The Kier molecular flexibility index (Phi) is 3.45. The quantitative estimate of drug-likeness (QED) is 0.809. The van der Waals surface area contributed by atoms with Gasteiger partial charge in [-0.1, -0.05) is 24.3 Å². The smallest absolute Gasteiger partial charge is 0.0948 e. The van der Waals surface area contributed by atoms with E-state index in [1.165, 1.54) is 24.3 Å². The Labute approximate surface area is 103 Å². The van der Waals surface area contributed by atoms with Crippen LogP contribution < -0.4 is 10.5 Å². The fourth-order valence-electron chi connectivity index (χ4n) is 1.61. The highest BCUT2D eigenvalue weighted by Gasteiger charge is 2.03. The van der Waals surface area contributed by atoms with Crippen molar-refractivity contribution in [2.24, 2.45) is 0 Å². The monoisotopic (exact) mass is 246 g/mol. The fourth-order valence-corrected chi connectivity index (χ4v) is 1.61. The van der Waals surface area contributed by atoms with Crippen LogP contribution in [-0.2, 0) is 0 Å². The lowest BCUT2D eigenvalue weighted by Gasteiger charge is -2.37. The standard InChI is InChI=1S/C12H10N2O4/c15-13(16)11-5-1-3-9(7-11)10-4-2-6-12(8-10)14(17)18/h1-8,15-16H/q-2. The summed E-state index contributed by atoms with van der Waals surface area (Å²) in [5.41, 5.74) is 1.46. The first-order valence-corrected chi connectivity index (χ1v) is 5.11. The minimum atomic E-state index is -0.474. The molecule has 2 aromatic rings. The van der Waals surface area contributed by atoms with E-state index in [0.717, 1.165) is 0 Å². The maximum Gasteiger partial charge on any atom is 0.0948 e. The van der Waals surface area contributed by atoms with Crippen LogP contribution in [0.5, 0.6) is 0 Å². The molecule has 0 fully saturated rings. The van der Waals surface area contributed by atoms with E-state index in [9.17, 15) is 10.4 Å². The van der Waals surface area contributed by atoms with Crippen LogP contribution in [0, 0.1) is 10.4 Å². The molecule has 6 nitrogen and oxygen atoms in total. The lowest BCUT2D eigenvalue weighted by Crippen LogP contribution is -2.10. The molecular formula is C12H10N2O4-2. The Balaban J connectivity index is 2.42. The Morgan fingerprint density at radius 3 is 1.78 bits per heavy atom. The summed E-state index contributed by atoms with van der Waals surface area (Å²) in [5.74, 6) is 0. The van der Waals surface area contributed by atoms with Gasteiger partial charge in [-0.3, -0.25) is 10.4 Å². The molecule has 0 unspecified atom stereocenters. The van der Waals surface area contributed by atoms with E-state index in [1.807, 2.05) is 0 Å². The third-order valence-corrected chi connectivity index (χ3v) is 2.47. The van der Waals surface area contributed by atoms with E-state index in [0.29, 0.717) is 11.1 Å². The van der Waals surface area contributed by atoms with Gasteiger partial charge < -0.3 is 15.6 Å². The minimum Gasteiger partial charge on any atom is -0.769 e. The van der Waals surface area contributed by atoms with Crippen LogP contribution in [0.4, 0.5) is 11.4 Å². The topological polar surface area (TPSA) is 93.1 Å². The van der Waals surface area contributed by atoms with Crippen LogP contribution in [0.15, 0.2) is 48.5 Å².